The number of thioether (sulfide) groups is 1. The fraction of sp³-hybridized carbons (Fsp3) is 0.444. The number of aromatic nitrogens is 2. The van der Waals surface area contributed by atoms with Crippen LogP contribution in [0.5, 0.6) is 0 Å². The van der Waals surface area contributed by atoms with E-state index < -0.39 is 0 Å². The van der Waals surface area contributed by atoms with Gasteiger partial charge in [-0.2, -0.15) is 5.10 Å². The second kappa shape index (κ2) is 8.35. The molecule has 1 heterocycles. The van der Waals surface area contributed by atoms with Gasteiger partial charge in [-0.3, -0.25) is 4.79 Å². The molecule has 2 rings (SSSR count). The lowest BCUT2D eigenvalue weighted by atomic mass is 10.0. The molecular weight excluding hydrogens is 322 g/mol. The average molecular weight is 347 g/mol. The summed E-state index contributed by atoms with van der Waals surface area (Å²) in [6, 6.07) is 7.99. The third kappa shape index (κ3) is 4.19. The first-order valence-electron chi connectivity index (χ1n) is 8.12. The first-order chi connectivity index (χ1) is 11.5. The van der Waals surface area contributed by atoms with E-state index in [2.05, 4.69) is 5.10 Å². The van der Waals surface area contributed by atoms with E-state index in [1.165, 1.54) is 4.68 Å². The zero-order valence-electron chi connectivity index (χ0n) is 14.5. The third-order valence-corrected chi connectivity index (χ3v) is 4.52. The summed E-state index contributed by atoms with van der Waals surface area (Å²) < 4.78 is 1.51. The van der Waals surface area contributed by atoms with Crippen molar-refractivity contribution in [3.8, 4) is 11.3 Å². The number of hydrogen-bond acceptors (Lipinski definition) is 5. The number of benzene rings is 1. The maximum Gasteiger partial charge on any atom is 0.272 e. The lowest BCUT2D eigenvalue weighted by Crippen LogP contribution is -2.30. The van der Waals surface area contributed by atoms with Gasteiger partial charge >= 0.3 is 0 Å². The maximum atomic E-state index is 12.7. The van der Waals surface area contributed by atoms with E-state index in [1.807, 2.05) is 44.4 Å². The van der Waals surface area contributed by atoms with Crippen LogP contribution < -0.4 is 11.3 Å². The summed E-state index contributed by atoms with van der Waals surface area (Å²) in [5, 5.41) is 13.6. The molecule has 0 saturated heterocycles. The SMILES string of the molecule is CSc1ccc(-c2nn(CC(C)C)c(=O)c(CCCO)c2N)cc1. The van der Waals surface area contributed by atoms with Crippen molar-refractivity contribution in [3.05, 3.63) is 40.2 Å². The lowest BCUT2D eigenvalue weighted by molar-refractivity contribution is 0.288. The van der Waals surface area contributed by atoms with Crippen LogP contribution in [-0.2, 0) is 13.0 Å². The van der Waals surface area contributed by atoms with Gasteiger partial charge in [0.05, 0.1) is 5.69 Å². The minimum Gasteiger partial charge on any atom is -0.397 e. The molecule has 130 valence electrons. The zero-order valence-corrected chi connectivity index (χ0v) is 15.3. The van der Waals surface area contributed by atoms with Crippen molar-refractivity contribution in [2.45, 2.75) is 38.1 Å². The second-order valence-electron chi connectivity index (χ2n) is 6.18. The molecule has 0 unspecified atom stereocenters. The highest BCUT2D eigenvalue weighted by atomic mass is 32.2. The molecule has 0 aliphatic carbocycles. The van der Waals surface area contributed by atoms with Crippen LogP contribution in [0.1, 0.15) is 25.8 Å². The normalized spacial score (nSPS) is 11.2. The minimum atomic E-state index is -0.154. The molecule has 2 aromatic rings. The van der Waals surface area contributed by atoms with Gasteiger partial charge in [0.1, 0.15) is 5.69 Å². The van der Waals surface area contributed by atoms with Gasteiger partial charge in [-0.15, -0.1) is 11.8 Å². The van der Waals surface area contributed by atoms with Crippen molar-refractivity contribution in [2.75, 3.05) is 18.6 Å². The molecular formula is C18H25N3O2S. The Morgan fingerprint density at radius 3 is 2.50 bits per heavy atom. The number of nitrogens with zero attached hydrogens (tertiary/aromatic N) is 2. The topological polar surface area (TPSA) is 81.1 Å². The largest absolute Gasteiger partial charge is 0.397 e. The molecule has 1 aromatic heterocycles. The highest BCUT2D eigenvalue weighted by molar-refractivity contribution is 7.98. The van der Waals surface area contributed by atoms with Crippen molar-refractivity contribution in [2.24, 2.45) is 5.92 Å². The molecule has 5 nitrogen and oxygen atoms in total. The number of hydrogen-bond donors (Lipinski definition) is 2. The number of rotatable bonds is 7. The number of aliphatic hydroxyl groups excluding tert-OH is 1. The molecule has 0 fully saturated rings. The van der Waals surface area contributed by atoms with Crippen LogP contribution in [0.4, 0.5) is 5.69 Å². The molecule has 0 radical (unpaired) electrons. The smallest absolute Gasteiger partial charge is 0.272 e. The molecule has 1 aromatic carbocycles. The average Bonchev–Trinajstić information content (AvgIpc) is 2.57. The van der Waals surface area contributed by atoms with Crippen molar-refractivity contribution in [3.63, 3.8) is 0 Å². The summed E-state index contributed by atoms with van der Waals surface area (Å²) in [6.45, 7) is 4.67. The monoisotopic (exact) mass is 347 g/mol. The van der Waals surface area contributed by atoms with Gasteiger partial charge in [-0.25, -0.2) is 4.68 Å². The Morgan fingerprint density at radius 2 is 1.96 bits per heavy atom. The van der Waals surface area contributed by atoms with Gasteiger partial charge in [0.25, 0.3) is 5.56 Å². The highest BCUT2D eigenvalue weighted by Gasteiger charge is 2.17. The molecule has 0 atom stereocenters. The summed E-state index contributed by atoms with van der Waals surface area (Å²) in [5.74, 6) is 0.302. The van der Waals surface area contributed by atoms with E-state index in [1.54, 1.807) is 11.8 Å². The highest BCUT2D eigenvalue weighted by Crippen LogP contribution is 2.27. The van der Waals surface area contributed by atoms with Gasteiger partial charge in [0.15, 0.2) is 0 Å². The molecule has 6 heteroatoms. The molecule has 0 aliphatic rings. The summed E-state index contributed by atoms with van der Waals surface area (Å²) in [5.41, 5.74) is 8.61. The number of anilines is 1. The maximum absolute atomic E-state index is 12.7. The van der Waals surface area contributed by atoms with Crippen LogP contribution in [-0.4, -0.2) is 27.7 Å². The molecule has 0 spiro atoms. The first kappa shape index (κ1) is 18.5. The number of aliphatic hydroxyl groups is 1. The van der Waals surface area contributed by atoms with Crippen molar-refractivity contribution in [1.29, 1.82) is 0 Å². The van der Waals surface area contributed by atoms with Crippen LogP contribution in [0.25, 0.3) is 11.3 Å². The summed E-state index contributed by atoms with van der Waals surface area (Å²) >= 11 is 1.67. The van der Waals surface area contributed by atoms with Crippen molar-refractivity contribution >= 4 is 17.4 Å². The summed E-state index contributed by atoms with van der Waals surface area (Å²) in [4.78, 5) is 13.8. The van der Waals surface area contributed by atoms with Crippen LogP contribution >= 0.6 is 11.8 Å². The molecule has 3 N–H and O–H groups in total. The summed E-state index contributed by atoms with van der Waals surface area (Å²) in [7, 11) is 0. The van der Waals surface area contributed by atoms with Gasteiger partial charge < -0.3 is 10.8 Å². The van der Waals surface area contributed by atoms with Crippen molar-refractivity contribution < 1.29 is 5.11 Å². The number of nitrogen functional groups attached to an aromatic ring is 1. The fourth-order valence-electron chi connectivity index (χ4n) is 2.56. The van der Waals surface area contributed by atoms with Gasteiger partial charge in [0, 0.05) is 29.2 Å². The first-order valence-corrected chi connectivity index (χ1v) is 9.35. The number of nitrogens with two attached hydrogens (primary N) is 1. The fourth-order valence-corrected chi connectivity index (χ4v) is 2.97. The van der Waals surface area contributed by atoms with Crippen LogP contribution in [0.2, 0.25) is 0 Å². The Bertz CT molecular complexity index is 739. The van der Waals surface area contributed by atoms with Gasteiger partial charge in [-0.05, 0) is 37.1 Å². The third-order valence-electron chi connectivity index (χ3n) is 3.78. The molecule has 0 amide bonds. The Labute approximate surface area is 146 Å². The van der Waals surface area contributed by atoms with Crippen molar-refractivity contribution in [1.82, 2.24) is 9.78 Å². The zero-order chi connectivity index (χ0) is 17.7. The predicted octanol–water partition coefficient (Wildman–Crippen LogP) is 2.80. The second-order valence-corrected chi connectivity index (χ2v) is 7.06. The van der Waals surface area contributed by atoms with E-state index in [4.69, 9.17) is 10.8 Å². The van der Waals surface area contributed by atoms with Crippen LogP contribution in [0.3, 0.4) is 0 Å². The Balaban J connectivity index is 2.57. The van der Waals surface area contributed by atoms with Gasteiger partial charge in [-0.1, -0.05) is 26.0 Å². The van der Waals surface area contributed by atoms with Crippen LogP contribution in [0.15, 0.2) is 34.0 Å². The Kier molecular flexibility index (Phi) is 6.45. The van der Waals surface area contributed by atoms with E-state index in [0.29, 0.717) is 42.2 Å². The van der Waals surface area contributed by atoms with E-state index in [0.717, 1.165) is 10.5 Å². The summed E-state index contributed by atoms with van der Waals surface area (Å²) in [6.07, 6.45) is 2.99. The molecule has 0 saturated carbocycles. The molecule has 0 bridgehead atoms. The Morgan fingerprint density at radius 1 is 1.29 bits per heavy atom. The van der Waals surface area contributed by atoms with E-state index >= 15 is 0 Å². The predicted molar refractivity (Wildman–Crippen MR) is 100 cm³/mol. The Hall–Kier alpha value is -1.79. The minimum absolute atomic E-state index is 0.0309. The van der Waals surface area contributed by atoms with E-state index in [9.17, 15) is 4.79 Å². The van der Waals surface area contributed by atoms with Crippen LogP contribution in [0, 0.1) is 5.92 Å². The molecule has 24 heavy (non-hydrogen) atoms. The van der Waals surface area contributed by atoms with E-state index in [-0.39, 0.29) is 12.2 Å². The molecule has 0 aliphatic heterocycles. The quantitative estimate of drug-likeness (QED) is 0.753. The van der Waals surface area contributed by atoms with Gasteiger partial charge in [0.2, 0.25) is 0 Å². The standard InChI is InChI=1S/C18H25N3O2S/c1-12(2)11-21-18(23)15(5-4-10-22)16(19)17(20-21)13-6-8-14(24-3)9-7-13/h6-9,12,22H,4-5,10-11,19H2,1-3H3. The lowest BCUT2D eigenvalue weighted by Gasteiger charge is -2.15.